The number of aryl methyl sites for hydroxylation is 2. The van der Waals surface area contributed by atoms with E-state index in [1.54, 1.807) is 19.1 Å². The molecule has 0 aliphatic carbocycles. The fourth-order valence-corrected chi connectivity index (χ4v) is 3.08. The number of fused-ring (bicyclic) bond motifs is 1. The number of carboxylic acids is 1. The Morgan fingerprint density at radius 1 is 1.25 bits per heavy atom. The Morgan fingerprint density at radius 3 is 2.64 bits per heavy atom. The molecule has 7 nitrogen and oxygen atoms in total. The highest BCUT2D eigenvalue weighted by Gasteiger charge is 2.15. The molecule has 0 unspecified atom stereocenters. The molecule has 0 aliphatic rings. The van der Waals surface area contributed by atoms with Crippen LogP contribution in [0.4, 0.5) is 0 Å². The molecule has 1 atom stereocenters. The molecule has 1 aromatic carbocycles. The zero-order chi connectivity index (χ0) is 20.7. The van der Waals surface area contributed by atoms with Crippen molar-refractivity contribution < 1.29 is 23.8 Å². The van der Waals surface area contributed by atoms with Crippen molar-refractivity contribution >= 4 is 22.8 Å². The number of benzene rings is 1. The standard InChI is InChI=1S/C21H27NO6/c1-4-6-8-16(21(25)26)22-18(23)12-27-17-10-9-15-14(7-5-2)11-19(24)28-20(15)13(17)3/h9-11,16H,4-8,12H2,1-3H3,(H,22,23)(H,25,26)/p-1/t16-/m0/s1. The molecule has 0 saturated carbocycles. The van der Waals surface area contributed by atoms with Crippen LogP contribution in [0.1, 0.15) is 50.7 Å². The second-order valence-electron chi connectivity index (χ2n) is 6.78. The Morgan fingerprint density at radius 2 is 2.00 bits per heavy atom. The molecular formula is C21H26NO6-. The van der Waals surface area contributed by atoms with E-state index in [0.29, 0.717) is 29.7 Å². The lowest BCUT2D eigenvalue weighted by molar-refractivity contribution is -0.308. The molecule has 0 bridgehead atoms. The van der Waals surface area contributed by atoms with Crippen LogP contribution < -0.4 is 20.8 Å². The van der Waals surface area contributed by atoms with Gasteiger partial charge in [0.1, 0.15) is 11.3 Å². The van der Waals surface area contributed by atoms with Crippen LogP contribution >= 0.6 is 0 Å². The van der Waals surface area contributed by atoms with Crippen molar-refractivity contribution in [2.75, 3.05) is 6.61 Å². The molecule has 152 valence electrons. The van der Waals surface area contributed by atoms with Gasteiger partial charge in [0.2, 0.25) is 0 Å². The van der Waals surface area contributed by atoms with E-state index in [1.807, 2.05) is 13.8 Å². The average molecular weight is 388 g/mol. The minimum Gasteiger partial charge on any atom is -0.548 e. The normalized spacial score (nSPS) is 12.0. The molecule has 0 aliphatic heterocycles. The highest BCUT2D eigenvalue weighted by Crippen LogP contribution is 2.28. The first-order valence-corrected chi connectivity index (χ1v) is 9.56. The van der Waals surface area contributed by atoms with Gasteiger partial charge in [0.25, 0.3) is 5.91 Å². The molecule has 0 radical (unpaired) electrons. The van der Waals surface area contributed by atoms with Gasteiger partial charge >= 0.3 is 5.63 Å². The number of aliphatic carboxylic acids is 1. The highest BCUT2D eigenvalue weighted by molar-refractivity contribution is 5.86. The monoisotopic (exact) mass is 388 g/mol. The average Bonchev–Trinajstić information content (AvgIpc) is 2.65. The summed E-state index contributed by atoms with van der Waals surface area (Å²) in [5.74, 6) is -1.46. The van der Waals surface area contributed by atoms with Gasteiger partial charge < -0.3 is 24.4 Å². The number of ether oxygens (including phenoxy) is 1. The Balaban J connectivity index is 2.14. The van der Waals surface area contributed by atoms with E-state index < -0.39 is 23.5 Å². The molecule has 0 saturated heterocycles. The van der Waals surface area contributed by atoms with Gasteiger partial charge in [-0.3, -0.25) is 4.79 Å². The van der Waals surface area contributed by atoms with Gasteiger partial charge in [0.05, 0.1) is 12.0 Å². The van der Waals surface area contributed by atoms with Crippen LogP contribution in [0.5, 0.6) is 5.75 Å². The minimum atomic E-state index is -1.31. The maximum Gasteiger partial charge on any atom is 0.336 e. The van der Waals surface area contributed by atoms with Crippen LogP contribution in [-0.2, 0) is 16.0 Å². The molecular weight excluding hydrogens is 362 g/mol. The van der Waals surface area contributed by atoms with Crippen molar-refractivity contribution in [2.24, 2.45) is 0 Å². The fraction of sp³-hybridized carbons (Fsp3) is 0.476. The summed E-state index contributed by atoms with van der Waals surface area (Å²) in [5, 5.41) is 14.4. The van der Waals surface area contributed by atoms with Crippen molar-refractivity contribution in [2.45, 2.75) is 58.9 Å². The number of hydrogen-bond acceptors (Lipinski definition) is 6. The van der Waals surface area contributed by atoms with Gasteiger partial charge in [-0.05, 0) is 37.5 Å². The second-order valence-corrected chi connectivity index (χ2v) is 6.78. The van der Waals surface area contributed by atoms with Crippen molar-refractivity contribution in [3.63, 3.8) is 0 Å². The van der Waals surface area contributed by atoms with Crippen LogP contribution in [0.15, 0.2) is 27.4 Å². The minimum absolute atomic E-state index is 0.310. The number of carboxylic acid groups (broad SMARTS) is 1. The van der Waals surface area contributed by atoms with E-state index in [-0.39, 0.29) is 6.61 Å². The third-order valence-electron chi connectivity index (χ3n) is 4.54. The Kier molecular flexibility index (Phi) is 7.61. The van der Waals surface area contributed by atoms with Crippen LogP contribution in [0.25, 0.3) is 11.0 Å². The number of carbonyl (C=O) groups is 2. The summed E-state index contributed by atoms with van der Waals surface area (Å²) in [6, 6.07) is 3.98. The summed E-state index contributed by atoms with van der Waals surface area (Å²) in [4.78, 5) is 35.0. The van der Waals surface area contributed by atoms with Gasteiger partial charge in [-0.15, -0.1) is 0 Å². The summed E-state index contributed by atoms with van der Waals surface area (Å²) in [6.07, 6.45) is 3.45. The molecule has 2 rings (SSSR count). The molecule has 1 heterocycles. The fourth-order valence-electron chi connectivity index (χ4n) is 3.08. The van der Waals surface area contributed by atoms with Gasteiger partial charge in [0.15, 0.2) is 6.61 Å². The summed E-state index contributed by atoms with van der Waals surface area (Å²) in [6.45, 7) is 5.37. The third kappa shape index (κ3) is 5.34. The van der Waals surface area contributed by atoms with Gasteiger partial charge in [0, 0.05) is 17.0 Å². The predicted octanol–water partition coefficient (Wildman–Crippen LogP) is 1.86. The van der Waals surface area contributed by atoms with Crippen LogP contribution in [0.3, 0.4) is 0 Å². The Hall–Kier alpha value is -2.83. The molecule has 1 amide bonds. The predicted molar refractivity (Wildman–Crippen MR) is 103 cm³/mol. The smallest absolute Gasteiger partial charge is 0.336 e. The molecule has 1 aromatic heterocycles. The van der Waals surface area contributed by atoms with E-state index in [2.05, 4.69) is 5.32 Å². The van der Waals surface area contributed by atoms with E-state index in [9.17, 15) is 19.5 Å². The molecule has 0 fully saturated rings. The highest BCUT2D eigenvalue weighted by atomic mass is 16.5. The summed E-state index contributed by atoms with van der Waals surface area (Å²) in [7, 11) is 0. The summed E-state index contributed by atoms with van der Waals surface area (Å²) >= 11 is 0. The number of rotatable bonds is 10. The van der Waals surface area contributed by atoms with Crippen LogP contribution in [-0.4, -0.2) is 24.5 Å². The largest absolute Gasteiger partial charge is 0.548 e. The number of nitrogens with one attached hydrogen (secondary N) is 1. The van der Waals surface area contributed by atoms with E-state index in [4.69, 9.17) is 9.15 Å². The van der Waals surface area contributed by atoms with Crippen molar-refractivity contribution in [1.29, 1.82) is 0 Å². The maximum absolute atomic E-state index is 12.1. The number of amides is 1. The van der Waals surface area contributed by atoms with E-state index in [1.165, 1.54) is 6.07 Å². The number of unbranched alkanes of at least 4 members (excludes halogenated alkanes) is 1. The van der Waals surface area contributed by atoms with Crippen LogP contribution in [0, 0.1) is 6.92 Å². The molecule has 1 N–H and O–H groups in total. The van der Waals surface area contributed by atoms with E-state index in [0.717, 1.165) is 30.2 Å². The quantitative estimate of drug-likeness (QED) is 0.622. The lowest BCUT2D eigenvalue weighted by Gasteiger charge is -2.19. The molecule has 7 heteroatoms. The first-order chi connectivity index (χ1) is 13.4. The van der Waals surface area contributed by atoms with Crippen molar-refractivity contribution in [3.8, 4) is 5.75 Å². The van der Waals surface area contributed by atoms with Gasteiger partial charge in [-0.2, -0.15) is 0 Å². The van der Waals surface area contributed by atoms with Crippen LogP contribution in [0.2, 0.25) is 0 Å². The molecule has 2 aromatic rings. The van der Waals surface area contributed by atoms with Crippen molar-refractivity contribution in [3.05, 3.63) is 39.7 Å². The number of carbonyl (C=O) groups excluding carboxylic acids is 2. The zero-order valence-electron chi connectivity index (χ0n) is 16.5. The van der Waals surface area contributed by atoms with Gasteiger partial charge in [-0.25, -0.2) is 4.79 Å². The maximum atomic E-state index is 12.1. The topological polar surface area (TPSA) is 109 Å². The van der Waals surface area contributed by atoms with Gasteiger partial charge in [-0.1, -0.05) is 33.1 Å². The van der Waals surface area contributed by atoms with Crippen molar-refractivity contribution in [1.82, 2.24) is 5.32 Å². The molecule has 28 heavy (non-hydrogen) atoms. The lowest BCUT2D eigenvalue weighted by Crippen LogP contribution is -2.49. The zero-order valence-corrected chi connectivity index (χ0v) is 16.5. The SMILES string of the molecule is CCCC[C@H](NC(=O)COc1ccc2c(CCC)cc(=O)oc2c1C)C(=O)[O-]. The summed E-state index contributed by atoms with van der Waals surface area (Å²) < 4.78 is 10.9. The number of hydrogen-bond donors (Lipinski definition) is 1. The first kappa shape index (κ1) is 21.5. The Bertz CT molecular complexity index is 902. The summed E-state index contributed by atoms with van der Waals surface area (Å²) in [5.41, 5.74) is 1.53. The third-order valence-corrected chi connectivity index (χ3v) is 4.54. The molecule has 0 spiro atoms. The Labute approximate surface area is 163 Å². The lowest BCUT2D eigenvalue weighted by atomic mass is 10.0. The van der Waals surface area contributed by atoms with E-state index >= 15 is 0 Å². The second kappa shape index (κ2) is 9.92. The first-order valence-electron chi connectivity index (χ1n) is 9.56.